The summed E-state index contributed by atoms with van der Waals surface area (Å²) < 4.78 is 26.0. The van der Waals surface area contributed by atoms with Crippen LogP contribution in [-0.4, -0.2) is 15.0 Å². The van der Waals surface area contributed by atoms with Gasteiger partial charge in [-0.2, -0.15) is 0 Å². The summed E-state index contributed by atoms with van der Waals surface area (Å²) in [7, 11) is -3.54. The minimum Gasteiger partial charge on any atom is -0.456 e. The SMILES string of the molecule is O=P1(c2ccccc2)c2ccccc2C2(c3ccccc3N(c3ccccc3)c3cc(-c4nc(-c5ccccc5)nc(-c5ccc6sc7ccccc7c6c5)n4)ccc32)c2cc3c(cc21)oc1ccccc13. The Bertz CT molecular complexity index is 4400. The maximum atomic E-state index is 16.9. The molecule has 0 fully saturated rings. The molecular weight excluding hydrogens is 920 g/mol. The van der Waals surface area contributed by atoms with E-state index in [0.717, 1.165) is 88.3 Å². The summed E-state index contributed by atoms with van der Waals surface area (Å²) in [6.45, 7) is 0. The number of para-hydroxylation sites is 3. The van der Waals surface area contributed by atoms with Crippen molar-refractivity contribution in [2.75, 3.05) is 4.90 Å². The molecule has 338 valence electrons. The number of hydrogen-bond acceptors (Lipinski definition) is 7. The van der Waals surface area contributed by atoms with Crippen molar-refractivity contribution >= 4 is 93.6 Å². The van der Waals surface area contributed by atoms with Crippen LogP contribution in [0.4, 0.5) is 17.1 Å². The van der Waals surface area contributed by atoms with E-state index in [1.165, 1.54) is 20.2 Å². The summed E-state index contributed by atoms with van der Waals surface area (Å²) in [6, 6.07) is 82.2. The third kappa shape index (κ3) is 5.83. The third-order valence-electron chi connectivity index (χ3n) is 14.8. The zero-order valence-electron chi connectivity index (χ0n) is 38.5. The summed E-state index contributed by atoms with van der Waals surface area (Å²) in [5, 5.41) is 6.73. The predicted molar refractivity (Wildman–Crippen MR) is 296 cm³/mol. The molecule has 0 saturated carbocycles. The molecule has 0 amide bonds. The molecule has 3 aromatic heterocycles. The Morgan fingerprint density at radius 1 is 0.403 bits per heavy atom. The van der Waals surface area contributed by atoms with Crippen molar-refractivity contribution < 1.29 is 8.98 Å². The summed E-state index contributed by atoms with van der Waals surface area (Å²) in [5.41, 5.74) is 10.2. The van der Waals surface area contributed by atoms with Crippen molar-refractivity contribution in [3.05, 3.63) is 259 Å². The van der Waals surface area contributed by atoms with Gasteiger partial charge in [-0.3, -0.25) is 0 Å². The van der Waals surface area contributed by atoms with Gasteiger partial charge in [-0.1, -0.05) is 170 Å². The molecule has 0 radical (unpaired) electrons. The molecule has 0 N–H and O–H groups in total. The van der Waals surface area contributed by atoms with E-state index in [2.05, 4.69) is 175 Å². The number of rotatable bonds is 5. The van der Waals surface area contributed by atoms with Gasteiger partial charge >= 0.3 is 0 Å². The molecule has 0 aliphatic carbocycles. The summed E-state index contributed by atoms with van der Waals surface area (Å²) >= 11 is 1.79. The summed E-state index contributed by atoms with van der Waals surface area (Å²) in [6.07, 6.45) is 0. The van der Waals surface area contributed by atoms with Gasteiger partial charge < -0.3 is 13.9 Å². The van der Waals surface area contributed by atoms with Gasteiger partial charge in [-0.05, 0) is 89.0 Å². The van der Waals surface area contributed by atoms with Crippen molar-refractivity contribution in [2.24, 2.45) is 0 Å². The highest BCUT2D eigenvalue weighted by molar-refractivity contribution is 7.85. The van der Waals surface area contributed by atoms with E-state index in [9.17, 15) is 0 Å². The third-order valence-corrected chi connectivity index (χ3v) is 19.1. The molecule has 0 saturated heterocycles. The van der Waals surface area contributed by atoms with Crippen LogP contribution < -0.4 is 20.8 Å². The molecule has 5 heterocycles. The first kappa shape index (κ1) is 41.1. The number of aromatic nitrogens is 3. The Balaban J connectivity index is 1.04. The maximum Gasteiger partial charge on any atom is 0.171 e. The van der Waals surface area contributed by atoms with Crippen LogP contribution in [0.3, 0.4) is 0 Å². The van der Waals surface area contributed by atoms with Gasteiger partial charge in [-0.15, -0.1) is 11.3 Å². The second-order valence-corrected chi connectivity index (χ2v) is 22.4. The molecule has 2 aliphatic heterocycles. The van der Waals surface area contributed by atoms with Crippen molar-refractivity contribution in [2.45, 2.75) is 5.41 Å². The van der Waals surface area contributed by atoms with Gasteiger partial charge in [0.05, 0.1) is 16.8 Å². The molecule has 10 aromatic carbocycles. The first-order valence-electron chi connectivity index (χ1n) is 24.1. The lowest BCUT2D eigenvalue weighted by Gasteiger charge is -2.50. The zero-order chi connectivity index (χ0) is 47.5. The molecule has 6 nitrogen and oxygen atoms in total. The van der Waals surface area contributed by atoms with Gasteiger partial charge in [0.2, 0.25) is 0 Å². The standard InChI is InChI=1S/C64H39N4O2PS/c69-71(44-22-8-3-9-23-44)57-30-16-13-27-51(57)64(52-38-47-45-24-10-15-29-55(45)70-56(47)39-58(52)71)49-26-12-14-28-53(49)68(43-20-6-2-7-21-43)54-37-42(32-34-50(54)64)63-66-61(40-18-4-1-5-19-40)65-62(67-63)41-33-35-60-48(36-41)46-25-11-17-31-59(46)72-60/h1-39H. The van der Waals surface area contributed by atoms with Crippen LogP contribution in [0, 0.1) is 0 Å². The fourth-order valence-electron chi connectivity index (χ4n) is 11.7. The topological polar surface area (TPSA) is 72.1 Å². The second-order valence-electron chi connectivity index (χ2n) is 18.6. The van der Waals surface area contributed by atoms with E-state index in [0.29, 0.717) is 23.1 Å². The molecule has 2 atom stereocenters. The Morgan fingerprint density at radius 3 is 1.81 bits per heavy atom. The van der Waals surface area contributed by atoms with Gasteiger partial charge in [0, 0.05) is 69.2 Å². The lowest BCUT2D eigenvalue weighted by molar-refractivity contribution is 0.590. The Labute approximate surface area is 418 Å². The fourth-order valence-corrected chi connectivity index (χ4v) is 15.9. The number of furan rings is 1. The van der Waals surface area contributed by atoms with Crippen LogP contribution in [0.1, 0.15) is 22.3 Å². The monoisotopic (exact) mass is 958 g/mol. The highest BCUT2D eigenvalue weighted by atomic mass is 32.1. The Kier molecular flexibility index (Phi) is 8.92. The van der Waals surface area contributed by atoms with Gasteiger partial charge in [0.15, 0.2) is 24.6 Å². The summed E-state index contributed by atoms with van der Waals surface area (Å²) in [5.74, 6) is 1.74. The van der Waals surface area contributed by atoms with Gasteiger partial charge in [0.25, 0.3) is 0 Å². The smallest absolute Gasteiger partial charge is 0.171 e. The Hall–Kier alpha value is -8.74. The largest absolute Gasteiger partial charge is 0.456 e. The fraction of sp³-hybridized carbons (Fsp3) is 0.0156. The number of thiophene rings is 1. The van der Waals surface area contributed by atoms with Crippen LogP contribution >= 0.6 is 18.5 Å². The first-order valence-corrected chi connectivity index (χ1v) is 26.6. The minimum absolute atomic E-state index is 0.558. The average Bonchev–Trinajstić information content (AvgIpc) is 4.02. The van der Waals surface area contributed by atoms with E-state index in [1.807, 2.05) is 66.7 Å². The number of nitrogens with zero attached hydrogens (tertiary/aromatic N) is 4. The zero-order valence-corrected chi connectivity index (χ0v) is 40.2. The lowest BCUT2D eigenvalue weighted by atomic mass is 9.62. The molecule has 72 heavy (non-hydrogen) atoms. The molecule has 15 rings (SSSR count). The van der Waals surface area contributed by atoms with Crippen LogP contribution in [-0.2, 0) is 9.98 Å². The number of fused-ring (bicyclic) bond motifs is 14. The van der Waals surface area contributed by atoms with Crippen LogP contribution in [0.2, 0.25) is 0 Å². The van der Waals surface area contributed by atoms with E-state index in [1.54, 1.807) is 11.3 Å². The maximum absolute atomic E-state index is 16.9. The molecule has 8 heteroatoms. The molecule has 0 bridgehead atoms. The van der Waals surface area contributed by atoms with Crippen LogP contribution in [0.15, 0.2) is 241 Å². The van der Waals surface area contributed by atoms with Gasteiger partial charge in [0.1, 0.15) is 11.2 Å². The quantitative estimate of drug-likeness (QED) is 0.160. The number of anilines is 3. The molecular formula is C64H39N4O2PS. The Morgan fingerprint density at radius 2 is 1.00 bits per heavy atom. The molecule has 2 unspecified atom stereocenters. The minimum atomic E-state index is -3.54. The van der Waals surface area contributed by atoms with Crippen molar-refractivity contribution in [3.8, 4) is 34.2 Å². The van der Waals surface area contributed by atoms with Crippen molar-refractivity contribution in [3.63, 3.8) is 0 Å². The number of benzene rings is 10. The van der Waals surface area contributed by atoms with E-state index >= 15 is 4.57 Å². The van der Waals surface area contributed by atoms with E-state index < -0.39 is 12.6 Å². The van der Waals surface area contributed by atoms with Crippen molar-refractivity contribution in [1.82, 2.24) is 15.0 Å². The highest BCUT2D eigenvalue weighted by Gasteiger charge is 2.55. The molecule has 1 spiro atoms. The van der Waals surface area contributed by atoms with Crippen LogP contribution in [0.5, 0.6) is 0 Å². The highest BCUT2D eigenvalue weighted by Crippen LogP contribution is 2.63. The lowest BCUT2D eigenvalue weighted by Crippen LogP contribution is -2.49. The van der Waals surface area contributed by atoms with Crippen molar-refractivity contribution in [1.29, 1.82) is 0 Å². The first-order chi connectivity index (χ1) is 35.6. The van der Waals surface area contributed by atoms with E-state index in [4.69, 9.17) is 19.4 Å². The normalized spacial score (nSPS) is 16.8. The average molecular weight is 959 g/mol. The van der Waals surface area contributed by atoms with E-state index in [-0.39, 0.29) is 0 Å². The second kappa shape index (κ2) is 15.6. The predicted octanol–water partition coefficient (Wildman–Crippen LogP) is 15.3. The molecule has 13 aromatic rings. The summed E-state index contributed by atoms with van der Waals surface area (Å²) in [4.78, 5) is 18.2. The van der Waals surface area contributed by atoms with Crippen LogP contribution in [0.25, 0.3) is 76.3 Å². The van der Waals surface area contributed by atoms with Gasteiger partial charge in [-0.25, -0.2) is 15.0 Å². The number of hydrogen-bond donors (Lipinski definition) is 0. The molecule has 2 aliphatic rings.